The Hall–Kier alpha value is -2.40. The molecule has 3 N–H and O–H groups in total. The van der Waals surface area contributed by atoms with Crippen molar-refractivity contribution in [1.82, 2.24) is 5.32 Å². The molecule has 2 aromatic rings. The summed E-state index contributed by atoms with van der Waals surface area (Å²) in [5.74, 6) is -0.119. The highest BCUT2D eigenvalue weighted by Gasteiger charge is 2.24. The van der Waals surface area contributed by atoms with Gasteiger partial charge in [-0.3, -0.25) is 9.59 Å². The van der Waals surface area contributed by atoms with Gasteiger partial charge >= 0.3 is 0 Å². The SMILES string of the molecule is CCCNC(=O)C[NH+](C)[C@@H](C)C(=O)Nc1cccc2ccccc12. The van der Waals surface area contributed by atoms with Gasteiger partial charge in [-0.25, -0.2) is 0 Å². The van der Waals surface area contributed by atoms with Crippen molar-refractivity contribution in [3.05, 3.63) is 42.5 Å². The fraction of sp³-hybridized carbons (Fsp3) is 0.368. The van der Waals surface area contributed by atoms with Gasteiger partial charge in [0.2, 0.25) is 0 Å². The molecule has 0 saturated carbocycles. The quantitative estimate of drug-likeness (QED) is 0.715. The first-order valence-corrected chi connectivity index (χ1v) is 8.40. The molecule has 5 nitrogen and oxygen atoms in total. The van der Waals surface area contributed by atoms with Crippen molar-refractivity contribution >= 4 is 28.3 Å². The van der Waals surface area contributed by atoms with Crippen LogP contribution >= 0.6 is 0 Å². The van der Waals surface area contributed by atoms with E-state index in [-0.39, 0.29) is 24.4 Å². The molecule has 1 unspecified atom stereocenters. The number of hydrogen-bond acceptors (Lipinski definition) is 2. The van der Waals surface area contributed by atoms with Crippen LogP contribution in [0.25, 0.3) is 10.8 Å². The summed E-state index contributed by atoms with van der Waals surface area (Å²) >= 11 is 0. The number of hydrogen-bond donors (Lipinski definition) is 3. The number of carbonyl (C=O) groups is 2. The first-order valence-electron chi connectivity index (χ1n) is 8.40. The zero-order valence-electron chi connectivity index (χ0n) is 14.6. The molecule has 0 heterocycles. The van der Waals surface area contributed by atoms with E-state index in [1.165, 1.54) is 0 Å². The van der Waals surface area contributed by atoms with Crippen LogP contribution in [0.15, 0.2) is 42.5 Å². The molecule has 0 spiro atoms. The fourth-order valence-corrected chi connectivity index (χ4v) is 2.53. The van der Waals surface area contributed by atoms with Crippen molar-refractivity contribution in [1.29, 1.82) is 0 Å². The highest BCUT2D eigenvalue weighted by atomic mass is 16.2. The Morgan fingerprint density at radius 1 is 1.12 bits per heavy atom. The molecule has 0 aromatic heterocycles. The van der Waals surface area contributed by atoms with E-state index in [0.717, 1.165) is 27.8 Å². The number of carbonyl (C=O) groups excluding carboxylic acids is 2. The third kappa shape index (κ3) is 4.55. The molecule has 0 aliphatic rings. The Morgan fingerprint density at radius 3 is 2.58 bits per heavy atom. The molecule has 128 valence electrons. The van der Waals surface area contributed by atoms with Crippen LogP contribution in [0.5, 0.6) is 0 Å². The summed E-state index contributed by atoms with van der Waals surface area (Å²) in [6.07, 6.45) is 0.905. The lowest BCUT2D eigenvalue weighted by Gasteiger charge is -2.21. The van der Waals surface area contributed by atoms with Gasteiger partial charge < -0.3 is 15.5 Å². The van der Waals surface area contributed by atoms with E-state index >= 15 is 0 Å². The molecule has 0 saturated heterocycles. The van der Waals surface area contributed by atoms with E-state index in [1.54, 1.807) is 0 Å². The van der Waals surface area contributed by atoms with Gasteiger partial charge in [0.25, 0.3) is 11.8 Å². The van der Waals surface area contributed by atoms with Gasteiger partial charge in [-0.05, 0) is 24.8 Å². The van der Waals surface area contributed by atoms with Gasteiger partial charge in [0.15, 0.2) is 12.6 Å². The number of likely N-dealkylation sites (N-methyl/N-ethyl adjacent to an activating group) is 1. The minimum absolute atomic E-state index is 0.0286. The van der Waals surface area contributed by atoms with Crippen molar-refractivity contribution in [2.75, 3.05) is 25.5 Å². The minimum Gasteiger partial charge on any atom is -0.351 e. The van der Waals surface area contributed by atoms with Crippen LogP contribution in [-0.2, 0) is 9.59 Å². The first-order chi connectivity index (χ1) is 11.5. The fourth-order valence-electron chi connectivity index (χ4n) is 2.53. The zero-order valence-corrected chi connectivity index (χ0v) is 14.6. The third-order valence-electron chi connectivity index (χ3n) is 4.19. The van der Waals surface area contributed by atoms with Gasteiger partial charge in [0.1, 0.15) is 0 Å². The number of amides is 2. The maximum Gasteiger partial charge on any atom is 0.282 e. The molecular weight excluding hydrogens is 302 g/mol. The molecule has 2 aromatic carbocycles. The monoisotopic (exact) mass is 328 g/mol. The predicted octanol–water partition coefficient (Wildman–Crippen LogP) is 1.21. The van der Waals surface area contributed by atoms with Crippen LogP contribution < -0.4 is 15.5 Å². The third-order valence-corrected chi connectivity index (χ3v) is 4.19. The Kier molecular flexibility index (Phi) is 6.32. The second-order valence-electron chi connectivity index (χ2n) is 6.11. The first kappa shape index (κ1) is 17.9. The number of rotatable bonds is 7. The van der Waals surface area contributed by atoms with Crippen LogP contribution in [0.4, 0.5) is 5.69 Å². The standard InChI is InChI=1S/C19H25N3O2/c1-4-12-20-18(23)13-22(3)14(2)19(24)21-17-11-7-9-15-8-5-6-10-16(15)17/h5-11,14H,4,12-13H2,1-3H3,(H,20,23)(H,21,24)/p+1/t14-/m0/s1. The summed E-state index contributed by atoms with van der Waals surface area (Å²) in [6.45, 7) is 4.80. The summed E-state index contributed by atoms with van der Waals surface area (Å²) in [5.41, 5.74) is 0.799. The molecule has 0 aliphatic heterocycles. The zero-order chi connectivity index (χ0) is 17.5. The highest BCUT2D eigenvalue weighted by Crippen LogP contribution is 2.22. The topological polar surface area (TPSA) is 62.6 Å². The van der Waals surface area contributed by atoms with Gasteiger partial charge in [0, 0.05) is 17.6 Å². The molecule has 5 heteroatoms. The van der Waals surface area contributed by atoms with E-state index < -0.39 is 0 Å². The molecule has 2 atom stereocenters. The van der Waals surface area contributed by atoms with E-state index in [9.17, 15) is 9.59 Å². The van der Waals surface area contributed by atoms with Crippen molar-refractivity contribution in [3.63, 3.8) is 0 Å². The van der Waals surface area contributed by atoms with Crippen LogP contribution in [0, 0.1) is 0 Å². The second-order valence-corrected chi connectivity index (χ2v) is 6.11. The van der Waals surface area contributed by atoms with Crippen molar-refractivity contribution in [2.24, 2.45) is 0 Å². The lowest BCUT2D eigenvalue weighted by atomic mass is 10.1. The molecule has 0 bridgehead atoms. The molecular formula is C19H26N3O2+. The number of anilines is 1. The van der Waals surface area contributed by atoms with E-state index in [1.807, 2.05) is 63.4 Å². The Bertz CT molecular complexity index is 709. The molecule has 2 amide bonds. The summed E-state index contributed by atoms with van der Waals surface area (Å²) in [5, 5.41) is 7.93. The van der Waals surface area contributed by atoms with Crippen LogP contribution in [0.3, 0.4) is 0 Å². The average molecular weight is 328 g/mol. The van der Waals surface area contributed by atoms with Gasteiger partial charge in [-0.15, -0.1) is 0 Å². The lowest BCUT2D eigenvalue weighted by Crippen LogP contribution is -3.15. The van der Waals surface area contributed by atoms with Crippen molar-refractivity contribution < 1.29 is 14.5 Å². The molecule has 24 heavy (non-hydrogen) atoms. The number of benzene rings is 2. The molecule has 0 radical (unpaired) electrons. The van der Waals surface area contributed by atoms with E-state index in [2.05, 4.69) is 10.6 Å². The summed E-state index contributed by atoms with van der Waals surface area (Å²) in [4.78, 5) is 25.2. The van der Waals surface area contributed by atoms with E-state index in [0.29, 0.717) is 6.54 Å². The van der Waals surface area contributed by atoms with Crippen LogP contribution in [0.2, 0.25) is 0 Å². The number of nitrogens with one attached hydrogen (secondary N) is 3. The number of fused-ring (bicyclic) bond motifs is 1. The summed E-state index contributed by atoms with van der Waals surface area (Å²) in [6, 6.07) is 13.5. The Morgan fingerprint density at radius 2 is 1.83 bits per heavy atom. The summed E-state index contributed by atoms with van der Waals surface area (Å²) in [7, 11) is 1.86. The molecule has 0 fully saturated rings. The predicted molar refractivity (Wildman–Crippen MR) is 97.1 cm³/mol. The molecule has 0 aliphatic carbocycles. The second kappa shape index (κ2) is 8.45. The maximum absolute atomic E-state index is 12.5. The Balaban J connectivity index is 2.01. The van der Waals surface area contributed by atoms with E-state index in [4.69, 9.17) is 0 Å². The summed E-state index contributed by atoms with van der Waals surface area (Å²) < 4.78 is 0. The number of quaternary nitrogens is 1. The van der Waals surface area contributed by atoms with Crippen molar-refractivity contribution in [2.45, 2.75) is 26.3 Å². The normalized spacial score (nSPS) is 13.3. The highest BCUT2D eigenvalue weighted by molar-refractivity contribution is 6.03. The smallest absolute Gasteiger partial charge is 0.282 e. The van der Waals surface area contributed by atoms with Crippen LogP contribution in [0.1, 0.15) is 20.3 Å². The Labute approximate surface area is 143 Å². The average Bonchev–Trinajstić information content (AvgIpc) is 2.59. The largest absolute Gasteiger partial charge is 0.351 e. The molecule has 2 rings (SSSR count). The minimum atomic E-state index is -0.323. The lowest BCUT2D eigenvalue weighted by molar-refractivity contribution is -0.885. The maximum atomic E-state index is 12.5. The van der Waals surface area contributed by atoms with Gasteiger partial charge in [-0.2, -0.15) is 0 Å². The van der Waals surface area contributed by atoms with Crippen LogP contribution in [-0.4, -0.2) is 38.0 Å². The van der Waals surface area contributed by atoms with Crippen molar-refractivity contribution in [3.8, 4) is 0 Å². The van der Waals surface area contributed by atoms with Gasteiger partial charge in [-0.1, -0.05) is 43.3 Å². The van der Waals surface area contributed by atoms with Gasteiger partial charge in [0.05, 0.1) is 7.05 Å².